The largest absolute Gasteiger partial charge is 0.308 e. The molecule has 0 fully saturated rings. The zero-order valence-corrected chi connectivity index (χ0v) is 8.34. The zero-order valence-electron chi connectivity index (χ0n) is 8.34. The van der Waals surface area contributed by atoms with E-state index in [1.54, 1.807) is 12.1 Å². The zero-order chi connectivity index (χ0) is 9.84. The molecule has 0 heterocycles. The normalized spacial score (nSPS) is 13.3. The first-order valence-corrected chi connectivity index (χ1v) is 4.61. The molecular formula is C11H16FN. The maximum absolute atomic E-state index is 12.8. The highest BCUT2D eigenvalue weighted by Crippen LogP contribution is 2.13. The van der Waals surface area contributed by atoms with Gasteiger partial charge >= 0.3 is 0 Å². The molecule has 1 rings (SSSR count). The average Bonchev–Trinajstić information content (AvgIpc) is 2.03. The molecule has 0 spiro atoms. The van der Waals surface area contributed by atoms with Gasteiger partial charge in [0, 0.05) is 12.1 Å². The van der Waals surface area contributed by atoms with Crippen LogP contribution in [0.15, 0.2) is 24.3 Å². The van der Waals surface area contributed by atoms with Crippen LogP contribution in [-0.2, 0) is 0 Å². The predicted octanol–water partition coefficient (Wildman–Crippen LogP) is 2.88. The van der Waals surface area contributed by atoms with Crippen molar-refractivity contribution in [2.75, 3.05) is 0 Å². The monoisotopic (exact) mass is 181 g/mol. The molecule has 0 aromatic heterocycles. The summed E-state index contributed by atoms with van der Waals surface area (Å²) in [4.78, 5) is 0. The topological polar surface area (TPSA) is 12.0 Å². The lowest BCUT2D eigenvalue weighted by Crippen LogP contribution is -2.26. The third kappa shape index (κ3) is 3.15. The number of nitrogens with one attached hydrogen (secondary N) is 1. The Morgan fingerprint density at radius 1 is 1.23 bits per heavy atom. The van der Waals surface area contributed by atoms with E-state index in [0.717, 1.165) is 5.56 Å². The Morgan fingerprint density at radius 3 is 2.46 bits per heavy atom. The lowest BCUT2D eigenvalue weighted by Gasteiger charge is -2.16. The maximum Gasteiger partial charge on any atom is 0.123 e. The molecule has 1 N–H and O–H groups in total. The van der Waals surface area contributed by atoms with Gasteiger partial charge in [-0.1, -0.05) is 26.0 Å². The summed E-state index contributed by atoms with van der Waals surface area (Å²) in [5, 5.41) is 3.32. The predicted molar refractivity (Wildman–Crippen MR) is 53.1 cm³/mol. The summed E-state index contributed by atoms with van der Waals surface area (Å²) >= 11 is 0. The Bertz CT molecular complexity index is 271. The van der Waals surface area contributed by atoms with Gasteiger partial charge in [-0.25, -0.2) is 4.39 Å². The van der Waals surface area contributed by atoms with Gasteiger partial charge in [0.05, 0.1) is 0 Å². The lowest BCUT2D eigenvalue weighted by molar-refractivity contribution is 0.503. The van der Waals surface area contributed by atoms with E-state index in [0.29, 0.717) is 6.04 Å². The molecule has 0 unspecified atom stereocenters. The maximum atomic E-state index is 12.8. The minimum Gasteiger partial charge on any atom is -0.308 e. The van der Waals surface area contributed by atoms with Gasteiger partial charge in [-0.2, -0.15) is 0 Å². The molecule has 0 amide bonds. The first-order valence-electron chi connectivity index (χ1n) is 4.61. The summed E-state index contributed by atoms with van der Waals surface area (Å²) in [5.41, 5.74) is 0.994. The second kappa shape index (κ2) is 4.38. The van der Waals surface area contributed by atoms with Crippen LogP contribution in [-0.4, -0.2) is 6.04 Å². The number of halogens is 1. The van der Waals surface area contributed by atoms with Gasteiger partial charge in [-0.15, -0.1) is 0 Å². The lowest BCUT2D eigenvalue weighted by atomic mass is 10.1. The highest BCUT2D eigenvalue weighted by atomic mass is 19.1. The molecule has 0 saturated carbocycles. The Balaban J connectivity index is 2.71. The summed E-state index contributed by atoms with van der Waals surface area (Å²) in [5.74, 6) is -0.171. The van der Waals surface area contributed by atoms with Crippen molar-refractivity contribution in [3.8, 4) is 0 Å². The standard InChI is InChI=1S/C11H16FN/c1-8(2)13-9(3)10-5-4-6-11(12)7-10/h4-9,13H,1-3H3/t9-/m0/s1. The van der Waals surface area contributed by atoms with E-state index in [9.17, 15) is 4.39 Å². The molecule has 1 nitrogen and oxygen atoms in total. The Hall–Kier alpha value is -0.890. The van der Waals surface area contributed by atoms with Gasteiger partial charge < -0.3 is 5.32 Å². The van der Waals surface area contributed by atoms with Crippen molar-refractivity contribution >= 4 is 0 Å². The van der Waals surface area contributed by atoms with Crippen LogP contribution in [0.5, 0.6) is 0 Å². The van der Waals surface area contributed by atoms with Gasteiger partial charge in [0.15, 0.2) is 0 Å². The fourth-order valence-electron chi connectivity index (χ4n) is 1.37. The van der Waals surface area contributed by atoms with Crippen LogP contribution in [0, 0.1) is 5.82 Å². The van der Waals surface area contributed by atoms with Gasteiger partial charge in [0.1, 0.15) is 5.82 Å². The molecule has 0 radical (unpaired) electrons. The fraction of sp³-hybridized carbons (Fsp3) is 0.455. The first-order chi connectivity index (χ1) is 6.09. The van der Waals surface area contributed by atoms with E-state index in [-0.39, 0.29) is 11.9 Å². The van der Waals surface area contributed by atoms with Gasteiger partial charge in [-0.3, -0.25) is 0 Å². The van der Waals surface area contributed by atoms with Crippen LogP contribution >= 0.6 is 0 Å². The van der Waals surface area contributed by atoms with Crippen LogP contribution in [0.25, 0.3) is 0 Å². The quantitative estimate of drug-likeness (QED) is 0.756. The average molecular weight is 181 g/mol. The minimum absolute atomic E-state index is 0.171. The van der Waals surface area contributed by atoms with E-state index in [1.807, 2.05) is 13.0 Å². The number of rotatable bonds is 3. The minimum atomic E-state index is -0.171. The van der Waals surface area contributed by atoms with E-state index in [2.05, 4.69) is 19.2 Å². The van der Waals surface area contributed by atoms with Gasteiger partial charge in [-0.05, 0) is 24.6 Å². The molecule has 13 heavy (non-hydrogen) atoms. The Labute approximate surface area is 79.0 Å². The Morgan fingerprint density at radius 2 is 1.92 bits per heavy atom. The van der Waals surface area contributed by atoms with Crippen molar-refractivity contribution < 1.29 is 4.39 Å². The van der Waals surface area contributed by atoms with Crippen molar-refractivity contribution in [1.29, 1.82) is 0 Å². The molecule has 2 heteroatoms. The van der Waals surface area contributed by atoms with Crippen molar-refractivity contribution in [1.82, 2.24) is 5.32 Å². The Kier molecular flexibility index (Phi) is 3.43. The van der Waals surface area contributed by atoms with Crippen LogP contribution in [0.4, 0.5) is 4.39 Å². The van der Waals surface area contributed by atoms with Crippen molar-refractivity contribution in [3.63, 3.8) is 0 Å². The van der Waals surface area contributed by atoms with Crippen molar-refractivity contribution in [2.45, 2.75) is 32.9 Å². The SMILES string of the molecule is CC(C)N[C@@H](C)c1cccc(F)c1. The summed E-state index contributed by atoms with van der Waals surface area (Å²) in [7, 11) is 0. The second-order valence-corrected chi connectivity index (χ2v) is 3.60. The van der Waals surface area contributed by atoms with Crippen LogP contribution in [0.3, 0.4) is 0 Å². The van der Waals surface area contributed by atoms with Crippen LogP contribution < -0.4 is 5.32 Å². The first kappa shape index (κ1) is 10.2. The molecule has 1 atom stereocenters. The molecule has 0 aliphatic carbocycles. The summed E-state index contributed by atoms with van der Waals surface area (Å²) in [6, 6.07) is 7.33. The van der Waals surface area contributed by atoms with Gasteiger partial charge in [0.2, 0.25) is 0 Å². The van der Waals surface area contributed by atoms with E-state index in [1.165, 1.54) is 6.07 Å². The number of hydrogen-bond acceptors (Lipinski definition) is 1. The van der Waals surface area contributed by atoms with Crippen LogP contribution in [0.2, 0.25) is 0 Å². The fourth-order valence-corrected chi connectivity index (χ4v) is 1.37. The third-order valence-electron chi connectivity index (χ3n) is 1.93. The van der Waals surface area contributed by atoms with Crippen molar-refractivity contribution in [3.05, 3.63) is 35.6 Å². The smallest absolute Gasteiger partial charge is 0.123 e. The molecule has 0 aliphatic rings. The van der Waals surface area contributed by atoms with Crippen molar-refractivity contribution in [2.24, 2.45) is 0 Å². The summed E-state index contributed by atoms with van der Waals surface area (Å²) in [6.45, 7) is 6.19. The third-order valence-corrected chi connectivity index (χ3v) is 1.93. The number of benzene rings is 1. The molecule has 1 aromatic carbocycles. The highest BCUT2D eigenvalue weighted by molar-refractivity contribution is 5.19. The molecule has 0 bridgehead atoms. The highest BCUT2D eigenvalue weighted by Gasteiger charge is 2.06. The molecule has 72 valence electrons. The molecular weight excluding hydrogens is 165 g/mol. The number of hydrogen-bond donors (Lipinski definition) is 1. The van der Waals surface area contributed by atoms with E-state index in [4.69, 9.17) is 0 Å². The molecule has 0 saturated heterocycles. The van der Waals surface area contributed by atoms with E-state index < -0.39 is 0 Å². The summed E-state index contributed by atoms with van der Waals surface area (Å²) < 4.78 is 12.8. The van der Waals surface area contributed by atoms with Gasteiger partial charge in [0.25, 0.3) is 0 Å². The molecule has 0 aliphatic heterocycles. The van der Waals surface area contributed by atoms with E-state index >= 15 is 0 Å². The van der Waals surface area contributed by atoms with Crippen LogP contribution in [0.1, 0.15) is 32.4 Å². The summed E-state index contributed by atoms with van der Waals surface area (Å²) in [6.07, 6.45) is 0. The molecule has 1 aromatic rings. The second-order valence-electron chi connectivity index (χ2n) is 3.60.